The second-order valence-electron chi connectivity index (χ2n) is 5.97. The van der Waals surface area contributed by atoms with Crippen LogP contribution in [0.15, 0.2) is 65.1 Å². The maximum Gasteiger partial charge on any atom is 0.347 e. The van der Waals surface area contributed by atoms with Gasteiger partial charge >= 0.3 is 5.97 Å². The molecule has 3 rings (SSSR count). The Morgan fingerprint density at radius 1 is 1.00 bits per heavy atom. The van der Waals surface area contributed by atoms with E-state index in [0.717, 1.165) is 5.56 Å². The second-order valence-corrected chi connectivity index (χ2v) is 7.14. The molecule has 0 radical (unpaired) electrons. The van der Waals surface area contributed by atoms with Crippen molar-refractivity contribution in [3.63, 3.8) is 0 Å². The van der Waals surface area contributed by atoms with Gasteiger partial charge < -0.3 is 14.2 Å². The van der Waals surface area contributed by atoms with Crippen molar-refractivity contribution in [3.05, 3.63) is 86.8 Å². The molecule has 0 spiro atoms. The van der Waals surface area contributed by atoms with E-state index in [9.17, 15) is 4.79 Å². The fourth-order valence-corrected chi connectivity index (χ4v) is 3.75. The molecule has 0 fully saturated rings. The lowest BCUT2D eigenvalue weighted by atomic mass is 10.1. The molecular formula is C22H18BrClO4. The highest BCUT2D eigenvalue weighted by molar-refractivity contribution is 9.10. The first-order valence-corrected chi connectivity index (χ1v) is 9.69. The summed E-state index contributed by atoms with van der Waals surface area (Å²) in [4.78, 5) is 12.9. The minimum atomic E-state index is -0.558. The van der Waals surface area contributed by atoms with Crippen molar-refractivity contribution in [1.82, 2.24) is 0 Å². The standard InChI is InChI=1S/C22H18BrClO4/c1-14-17(22(25)28-16-11-7-4-8-12-16)20(18(23)21(26-2)19(14)24)27-13-15-9-5-3-6-10-15/h3-12H,13H2,1-2H3. The van der Waals surface area contributed by atoms with Gasteiger partial charge in [0, 0.05) is 0 Å². The van der Waals surface area contributed by atoms with Crippen molar-refractivity contribution in [3.8, 4) is 17.2 Å². The van der Waals surface area contributed by atoms with E-state index in [2.05, 4.69) is 15.9 Å². The third-order valence-electron chi connectivity index (χ3n) is 4.12. The Kier molecular flexibility index (Phi) is 6.60. The second kappa shape index (κ2) is 9.13. The lowest BCUT2D eigenvalue weighted by molar-refractivity contribution is 0.0728. The van der Waals surface area contributed by atoms with Crippen LogP contribution in [-0.4, -0.2) is 13.1 Å². The first-order valence-electron chi connectivity index (χ1n) is 8.52. The number of hydrogen-bond acceptors (Lipinski definition) is 4. The van der Waals surface area contributed by atoms with Crippen molar-refractivity contribution in [2.45, 2.75) is 13.5 Å². The van der Waals surface area contributed by atoms with E-state index in [1.165, 1.54) is 7.11 Å². The van der Waals surface area contributed by atoms with Crippen molar-refractivity contribution < 1.29 is 19.0 Å². The smallest absolute Gasteiger partial charge is 0.347 e. The molecule has 0 bridgehead atoms. The van der Waals surface area contributed by atoms with Crippen molar-refractivity contribution in [1.29, 1.82) is 0 Å². The summed E-state index contributed by atoms with van der Waals surface area (Å²) in [5.41, 5.74) is 1.73. The molecule has 0 N–H and O–H groups in total. The number of ether oxygens (including phenoxy) is 3. The number of benzene rings is 3. The van der Waals surface area contributed by atoms with Crippen LogP contribution >= 0.6 is 27.5 Å². The Morgan fingerprint density at radius 3 is 2.21 bits per heavy atom. The third kappa shape index (κ3) is 4.32. The molecule has 3 aromatic rings. The van der Waals surface area contributed by atoms with Gasteiger partial charge in [-0.1, -0.05) is 60.1 Å². The van der Waals surface area contributed by atoms with Gasteiger partial charge in [-0.25, -0.2) is 4.79 Å². The summed E-state index contributed by atoms with van der Waals surface area (Å²) in [5.74, 6) is 0.600. The first kappa shape index (κ1) is 20.2. The highest BCUT2D eigenvalue weighted by Crippen LogP contribution is 2.46. The fourth-order valence-electron chi connectivity index (χ4n) is 2.70. The highest BCUT2D eigenvalue weighted by Gasteiger charge is 2.27. The van der Waals surface area contributed by atoms with E-state index in [1.807, 2.05) is 36.4 Å². The number of para-hydroxylation sites is 1. The molecule has 144 valence electrons. The van der Waals surface area contributed by atoms with Crippen LogP contribution in [-0.2, 0) is 6.61 Å². The number of rotatable bonds is 6. The van der Waals surface area contributed by atoms with Gasteiger partial charge in [-0.05, 0) is 46.1 Å². The van der Waals surface area contributed by atoms with Crippen LogP contribution in [0.25, 0.3) is 0 Å². The van der Waals surface area contributed by atoms with E-state index >= 15 is 0 Å². The van der Waals surface area contributed by atoms with Gasteiger partial charge in [0.2, 0.25) is 0 Å². The molecule has 0 aliphatic heterocycles. The number of esters is 1. The molecule has 0 saturated heterocycles. The van der Waals surface area contributed by atoms with Gasteiger partial charge in [0.15, 0.2) is 11.5 Å². The molecule has 3 aromatic carbocycles. The largest absolute Gasteiger partial charge is 0.494 e. The predicted molar refractivity (Wildman–Crippen MR) is 113 cm³/mol. The molecular weight excluding hydrogens is 444 g/mol. The topological polar surface area (TPSA) is 44.8 Å². The van der Waals surface area contributed by atoms with Crippen molar-refractivity contribution in [2.75, 3.05) is 7.11 Å². The summed E-state index contributed by atoms with van der Waals surface area (Å²) >= 11 is 9.88. The number of carbonyl (C=O) groups excluding carboxylic acids is 1. The summed E-state index contributed by atoms with van der Waals surface area (Å²) in [6, 6.07) is 18.5. The van der Waals surface area contributed by atoms with Crippen LogP contribution in [0.3, 0.4) is 0 Å². The molecule has 6 heteroatoms. The molecule has 0 heterocycles. The average Bonchev–Trinajstić information content (AvgIpc) is 2.71. The van der Waals surface area contributed by atoms with Gasteiger partial charge in [0.25, 0.3) is 0 Å². The van der Waals surface area contributed by atoms with Crippen LogP contribution in [0.5, 0.6) is 17.2 Å². The lowest BCUT2D eigenvalue weighted by Crippen LogP contribution is -2.14. The summed E-state index contributed by atoms with van der Waals surface area (Å²) in [5, 5.41) is 0.321. The zero-order valence-corrected chi connectivity index (χ0v) is 17.7. The quantitative estimate of drug-likeness (QED) is 0.323. The Hall–Kier alpha value is -2.50. The van der Waals surface area contributed by atoms with Gasteiger partial charge in [0.1, 0.15) is 22.4 Å². The van der Waals surface area contributed by atoms with Crippen molar-refractivity contribution >= 4 is 33.5 Å². The number of halogens is 2. The molecule has 0 atom stereocenters. The Bertz CT molecular complexity index is 975. The van der Waals surface area contributed by atoms with Crippen LogP contribution in [0, 0.1) is 6.92 Å². The van der Waals surface area contributed by atoms with Gasteiger partial charge in [0.05, 0.1) is 12.1 Å². The Balaban J connectivity index is 2.02. The molecule has 0 aromatic heterocycles. The Morgan fingerprint density at radius 2 is 1.61 bits per heavy atom. The number of carbonyl (C=O) groups is 1. The normalized spacial score (nSPS) is 10.4. The molecule has 0 aliphatic rings. The summed E-state index contributed by atoms with van der Waals surface area (Å²) in [7, 11) is 1.51. The number of hydrogen-bond donors (Lipinski definition) is 0. The maximum atomic E-state index is 12.9. The zero-order chi connectivity index (χ0) is 20.1. The lowest BCUT2D eigenvalue weighted by Gasteiger charge is -2.19. The minimum absolute atomic E-state index is 0.248. The Labute approximate surface area is 177 Å². The summed E-state index contributed by atoms with van der Waals surface area (Å²) in [6.07, 6.45) is 0. The highest BCUT2D eigenvalue weighted by atomic mass is 79.9. The van der Waals surface area contributed by atoms with E-state index in [0.29, 0.717) is 32.3 Å². The van der Waals surface area contributed by atoms with E-state index in [4.69, 9.17) is 25.8 Å². The number of methoxy groups -OCH3 is 1. The van der Waals surface area contributed by atoms with E-state index in [1.54, 1.807) is 31.2 Å². The SMILES string of the molecule is COc1c(Cl)c(C)c(C(=O)Oc2ccccc2)c(OCc2ccccc2)c1Br. The predicted octanol–water partition coefficient (Wildman–Crippen LogP) is 6.22. The van der Waals surface area contributed by atoms with E-state index < -0.39 is 5.97 Å². The maximum absolute atomic E-state index is 12.9. The monoisotopic (exact) mass is 460 g/mol. The molecule has 0 unspecified atom stereocenters. The zero-order valence-electron chi connectivity index (χ0n) is 15.4. The van der Waals surface area contributed by atoms with Crippen LogP contribution in [0.4, 0.5) is 0 Å². The first-order chi connectivity index (χ1) is 13.5. The average molecular weight is 462 g/mol. The molecule has 0 amide bonds. The van der Waals surface area contributed by atoms with Gasteiger partial charge in [-0.3, -0.25) is 0 Å². The van der Waals surface area contributed by atoms with Crippen LogP contribution in [0.1, 0.15) is 21.5 Å². The van der Waals surface area contributed by atoms with Gasteiger partial charge in [-0.2, -0.15) is 0 Å². The molecule has 0 saturated carbocycles. The van der Waals surface area contributed by atoms with Crippen molar-refractivity contribution in [2.24, 2.45) is 0 Å². The molecule has 0 aliphatic carbocycles. The summed E-state index contributed by atoms with van der Waals surface area (Å²) < 4.78 is 17.4. The summed E-state index contributed by atoms with van der Waals surface area (Å²) in [6.45, 7) is 2.00. The molecule has 28 heavy (non-hydrogen) atoms. The molecule has 4 nitrogen and oxygen atoms in total. The minimum Gasteiger partial charge on any atom is -0.494 e. The van der Waals surface area contributed by atoms with Crippen LogP contribution < -0.4 is 14.2 Å². The van der Waals surface area contributed by atoms with E-state index in [-0.39, 0.29) is 12.2 Å². The fraction of sp³-hybridized carbons (Fsp3) is 0.136. The van der Waals surface area contributed by atoms with Crippen LogP contribution in [0.2, 0.25) is 5.02 Å². The third-order valence-corrected chi connectivity index (χ3v) is 5.29. The van der Waals surface area contributed by atoms with Gasteiger partial charge in [-0.15, -0.1) is 0 Å².